The molecule has 1 amide bonds. The molecular formula is C14H17BrN2OS. The minimum absolute atomic E-state index is 0.0612. The van der Waals surface area contributed by atoms with Gasteiger partial charge in [-0.3, -0.25) is 4.79 Å². The smallest absolute Gasteiger partial charge is 0.251 e. The Morgan fingerprint density at radius 1 is 1.47 bits per heavy atom. The van der Waals surface area contributed by atoms with E-state index in [0.717, 1.165) is 29.3 Å². The number of rotatable bonds is 3. The molecule has 0 aromatic heterocycles. The highest BCUT2D eigenvalue weighted by Crippen LogP contribution is 2.26. The molecular weight excluding hydrogens is 324 g/mol. The van der Waals surface area contributed by atoms with Gasteiger partial charge in [0.25, 0.3) is 5.91 Å². The third-order valence-electron chi connectivity index (χ3n) is 3.63. The highest BCUT2D eigenvalue weighted by molar-refractivity contribution is 9.10. The SMILES string of the molecule is Cc1ccc(C(=O)NC2CCCC2C(N)=S)cc1Br. The lowest BCUT2D eigenvalue weighted by Crippen LogP contribution is -2.41. The van der Waals surface area contributed by atoms with Crippen LogP contribution in [0.15, 0.2) is 22.7 Å². The molecule has 1 aliphatic carbocycles. The number of carbonyl (C=O) groups excluding carboxylic acids is 1. The monoisotopic (exact) mass is 340 g/mol. The van der Waals surface area contributed by atoms with Gasteiger partial charge in [-0.25, -0.2) is 0 Å². The number of nitrogens with two attached hydrogens (primary N) is 1. The van der Waals surface area contributed by atoms with Crippen LogP contribution in [0, 0.1) is 12.8 Å². The molecule has 1 saturated carbocycles. The molecule has 0 heterocycles. The molecule has 2 rings (SSSR count). The van der Waals surface area contributed by atoms with Crippen molar-refractivity contribution in [1.82, 2.24) is 5.32 Å². The second kappa shape index (κ2) is 6.01. The Morgan fingerprint density at radius 2 is 2.21 bits per heavy atom. The Bertz CT molecular complexity index is 518. The minimum Gasteiger partial charge on any atom is -0.393 e. The van der Waals surface area contributed by atoms with Gasteiger partial charge in [0.15, 0.2) is 0 Å². The Labute approximate surface area is 127 Å². The third-order valence-corrected chi connectivity index (χ3v) is 4.79. The summed E-state index contributed by atoms with van der Waals surface area (Å²) in [6.07, 6.45) is 2.98. The van der Waals surface area contributed by atoms with E-state index in [9.17, 15) is 4.79 Å². The molecule has 0 spiro atoms. The Kier molecular flexibility index (Phi) is 4.58. The molecule has 102 valence electrons. The molecule has 0 saturated heterocycles. The normalized spacial score (nSPS) is 22.2. The van der Waals surface area contributed by atoms with Crippen LogP contribution in [0.2, 0.25) is 0 Å². The van der Waals surface area contributed by atoms with E-state index in [2.05, 4.69) is 21.2 Å². The number of benzene rings is 1. The highest BCUT2D eigenvalue weighted by atomic mass is 79.9. The van der Waals surface area contributed by atoms with Crippen molar-refractivity contribution < 1.29 is 4.79 Å². The molecule has 1 aromatic rings. The van der Waals surface area contributed by atoms with E-state index in [1.165, 1.54) is 0 Å². The van der Waals surface area contributed by atoms with Crippen molar-refractivity contribution in [3.8, 4) is 0 Å². The van der Waals surface area contributed by atoms with Crippen LogP contribution in [0.1, 0.15) is 35.2 Å². The number of hydrogen-bond donors (Lipinski definition) is 2. The fourth-order valence-corrected chi connectivity index (χ4v) is 3.12. The van der Waals surface area contributed by atoms with Gasteiger partial charge >= 0.3 is 0 Å². The van der Waals surface area contributed by atoms with Crippen LogP contribution in [-0.2, 0) is 0 Å². The summed E-state index contributed by atoms with van der Waals surface area (Å²) in [5.41, 5.74) is 7.49. The Hall–Kier alpha value is -0.940. The summed E-state index contributed by atoms with van der Waals surface area (Å²) in [6, 6.07) is 5.68. The maximum Gasteiger partial charge on any atom is 0.251 e. The summed E-state index contributed by atoms with van der Waals surface area (Å²) >= 11 is 8.50. The molecule has 1 fully saturated rings. The summed E-state index contributed by atoms with van der Waals surface area (Å²) in [7, 11) is 0. The standard InChI is InChI=1S/C14H17BrN2OS/c1-8-5-6-9(7-11(8)15)14(18)17-12-4-2-3-10(12)13(16)19/h5-7,10,12H,2-4H2,1H3,(H2,16,19)(H,17,18). The molecule has 5 heteroatoms. The first-order valence-corrected chi connectivity index (χ1v) is 7.55. The van der Waals surface area contributed by atoms with Gasteiger partial charge in [-0.15, -0.1) is 0 Å². The van der Waals surface area contributed by atoms with E-state index in [1.807, 2.05) is 25.1 Å². The summed E-state index contributed by atoms with van der Waals surface area (Å²) in [5.74, 6) is 0.0710. The fourth-order valence-electron chi connectivity index (χ4n) is 2.46. The molecule has 3 nitrogen and oxygen atoms in total. The summed E-state index contributed by atoms with van der Waals surface area (Å²) in [4.78, 5) is 12.7. The first-order chi connectivity index (χ1) is 8.99. The maximum atomic E-state index is 12.2. The highest BCUT2D eigenvalue weighted by Gasteiger charge is 2.30. The molecule has 19 heavy (non-hydrogen) atoms. The van der Waals surface area contributed by atoms with Crippen LogP contribution < -0.4 is 11.1 Å². The zero-order valence-corrected chi connectivity index (χ0v) is 13.2. The number of hydrogen-bond acceptors (Lipinski definition) is 2. The maximum absolute atomic E-state index is 12.2. The fraction of sp³-hybridized carbons (Fsp3) is 0.429. The number of halogens is 1. The van der Waals surface area contributed by atoms with Crippen molar-refractivity contribution in [3.63, 3.8) is 0 Å². The van der Waals surface area contributed by atoms with E-state index in [0.29, 0.717) is 10.6 Å². The van der Waals surface area contributed by atoms with Crippen LogP contribution >= 0.6 is 28.1 Å². The van der Waals surface area contributed by atoms with E-state index in [1.54, 1.807) is 0 Å². The topological polar surface area (TPSA) is 55.1 Å². The molecule has 3 N–H and O–H groups in total. The van der Waals surface area contributed by atoms with Gasteiger partial charge in [0.2, 0.25) is 0 Å². The van der Waals surface area contributed by atoms with E-state index >= 15 is 0 Å². The second-order valence-electron chi connectivity index (χ2n) is 4.98. The van der Waals surface area contributed by atoms with Crippen LogP contribution in [-0.4, -0.2) is 16.9 Å². The summed E-state index contributed by atoms with van der Waals surface area (Å²) < 4.78 is 0.942. The number of aryl methyl sites for hydroxylation is 1. The van der Waals surface area contributed by atoms with Crippen LogP contribution in [0.4, 0.5) is 0 Å². The lowest BCUT2D eigenvalue weighted by Gasteiger charge is -2.20. The van der Waals surface area contributed by atoms with Crippen LogP contribution in [0.3, 0.4) is 0 Å². The first-order valence-electron chi connectivity index (χ1n) is 6.35. The van der Waals surface area contributed by atoms with Gasteiger partial charge in [0, 0.05) is 22.0 Å². The van der Waals surface area contributed by atoms with E-state index in [-0.39, 0.29) is 17.9 Å². The predicted molar refractivity (Wildman–Crippen MR) is 84.3 cm³/mol. The molecule has 2 atom stereocenters. The van der Waals surface area contributed by atoms with Gasteiger partial charge in [0.05, 0.1) is 4.99 Å². The Morgan fingerprint density at radius 3 is 2.84 bits per heavy atom. The van der Waals surface area contributed by atoms with Crippen molar-refractivity contribution >= 4 is 39.0 Å². The van der Waals surface area contributed by atoms with Gasteiger partial charge in [-0.2, -0.15) is 0 Å². The molecule has 1 aromatic carbocycles. The number of carbonyl (C=O) groups is 1. The van der Waals surface area contributed by atoms with E-state index in [4.69, 9.17) is 18.0 Å². The van der Waals surface area contributed by atoms with Crippen molar-refractivity contribution in [2.24, 2.45) is 11.7 Å². The lowest BCUT2D eigenvalue weighted by atomic mass is 10.0. The van der Waals surface area contributed by atoms with Crippen molar-refractivity contribution in [3.05, 3.63) is 33.8 Å². The third kappa shape index (κ3) is 3.34. The summed E-state index contributed by atoms with van der Waals surface area (Å²) in [5, 5.41) is 3.05. The number of thiocarbonyl (C=S) groups is 1. The first kappa shape index (κ1) is 14.5. The number of nitrogens with one attached hydrogen (secondary N) is 1. The van der Waals surface area contributed by atoms with Crippen LogP contribution in [0.25, 0.3) is 0 Å². The largest absolute Gasteiger partial charge is 0.393 e. The van der Waals surface area contributed by atoms with Gasteiger partial charge < -0.3 is 11.1 Å². The van der Waals surface area contributed by atoms with Crippen molar-refractivity contribution in [1.29, 1.82) is 0 Å². The molecule has 0 bridgehead atoms. The zero-order chi connectivity index (χ0) is 14.0. The quantitative estimate of drug-likeness (QED) is 0.831. The van der Waals surface area contributed by atoms with Crippen molar-refractivity contribution in [2.45, 2.75) is 32.2 Å². The lowest BCUT2D eigenvalue weighted by molar-refractivity contribution is 0.0933. The molecule has 0 radical (unpaired) electrons. The van der Waals surface area contributed by atoms with Gasteiger partial charge in [0.1, 0.15) is 0 Å². The van der Waals surface area contributed by atoms with Crippen molar-refractivity contribution in [2.75, 3.05) is 0 Å². The van der Waals surface area contributed by atoms with Gasteiger partial charge in [-0.1, -0.05) is 40.6 Å². The molecule has 1 aliphatic rings. The predicted octanol–water partition coefficient (Wildman–Crippen LogP) is 2.94. The Balaban J connectivity index is 2.08. The zero-order valence-electron chi connectivity index (χ0n) is 10.8. The van der Waals surface area contributed by atoms with Gasteiger partial charge in [-0.05, 0) is 37.5 Å². The van der Waals surface area contributed by atoms with Crippen LogP contribution in [0.5, 0.6) is 0 Å². The minimum atomic E-state index is -0.0612. The van der Waals surface area contributed by atoms with E-state index < -0.39 is 0 Å². The number of amides is 1. The second-order valence-corrected chi connectivity index (χ2v) is 6.31. The molecule has 0 aliphatic heterocycles. The average Bonchev–Trinajstić information content (AvgIpc) is 2.80. The molecule has 2 unspecified atom stereocenters. The summed E-state index contributed by atoms with van der Waals surface area (Å²) in [6.45, 7) is 1.99. The average molecular weight is 341 g/mol.